The maximum Gasteiger partial charge on any atom is -0.0242 e. The van der Waals surface area contributed by atoms with E-state index < -0.39 is 0 Å². The molecule has 1 atom stereocenters. The largest absolute Gasteiger partial charge is 0.0938 e. The van der Waals surface area contributed by atoms with Crippen molar-refractivity contribution in [3.05, 3.63) is 0 Å². The maximum atomic E-state index is 4.27. The van der Waals surface area contributed by atoms with Gasteiger partial charge in [-0.25, -0.2) is 0 Å². The zero-order valence-electron chi connectivity index (χ0n) is 7.68. The van der Waals surface area contributed by atoms with Gasteiger partial charge in [0.05, 0.1) is 0 Å². The predicted octanol–water partition coefficient (Wildman–Crippen LogP) is 3.84. The van der Waals surface area contributed by atoms with E-state index in [0.29, 0.717) is 0 Å². The summed E-state index contributed by atoms with van der Waals surface area (Å²) in [5.74, 6) is 0.949. The Morgan fingerprint density at radius 1 is 1.40 bits per heavy atom. The van der Waals surface area contributed by atoms with Crippen molar-refractivity contribution in [2.75, 3.05) is 0 Å². The van der Waals surface area contributed by atoms with Crippen molar-refractivity contribution >= 4 is 17.6 Å². The van der Waals surface area contributed by atoms with Crippen molar-refractivity contribution in [3.8, 4) is 0 Å². The molecule has 0 radical (unpaired) electrons. The summed E-state index contributed by atoms with van der Waals surface area (Å²) < 4.78 is 0. The molecule has 0 aromatic heterocycles. The van der Waals surface area contributed by atoms with Crippen LogP contribution in [-0.4, -0.2) is 5.37 Å². The minimum absolute atomic E-state index is 0.949. The van der Waals surface area contributed by atoms with Gasteiger partial charge in [-0.15, -0.1) is 0 Å². The zero-order chi connectivity index (χ0) is 8.41. The van der Waals surface area contributed by atoms with Crippen LogP contribution >= 0.6 is 12.2 Å². The fourth-order valence-electron chi connectivity index (χ4n) is 0.697. The smallest absolute Gasteiger partial charge is 0.0242 e. The molecule has 0 aliphatic rings. The molecule has 0 aromatic carbocycles. The van der Waals surface area contributed by atoms with E-state index in [4.69, 9.17) is 0 Å². The molecule has 0 amide bonds. The van der Waals surface area contributed by atoms with E-state index in [1.165, 1.54) is 19.3 Å². The molecule has 0 N–H and O–H groups in total. The average Bonchev–Trinajstić information content (AvgIpc) is 1.90. The lowest BCUT2D eigenvalue weighted by molar-refractivity contribution is 0.509. The fourth-order valence-corrected chi connectivity index (χ4v) is 0.697. The molecule has 10 heavy (non-hydrogen) atoms. The highest BCUT2D eigenvalue weighted by atomic mass is 32.1. The summed E-state index contributed by atoms with van der Waals surface area (Å²) in [6.07, 6.45) is 4.08. The molecule has 0 aromatic rings. The van der Waals surface area contributed by atoms with Gasteiger partial charge in [-0.3, -0.25) is 0 Å². The molecule has 0 fully saturated rings. The molecule has 0 heterocycles. The molecule has 62 valence electrons. The van der Waals surface area contributed by atoms with E-state index in [9.17, 15) is 0 Å². The third kappa shape index (κ3) is 15.7. The Bertz CT molecular complexity index is 59.7. The van der Waals surface area contributed by atoms with Crippen molar-refractivity contribution in [1.29, 1.82) is 0 Å². The summed E-state index contributed by atoms with van der Waals surface area (Å²) in [4.78, 5) is 0. The molecule has 0 bridgehead atoms. The zero-order valence-corrected chi connectivity index (χ0v) is 8.50. The quantitative estimate of drug-likeness (QED) is 0.565. The first kappa shape index (κ1) is 12.7. The SMILES string of the molecule is CC=S.CCCC(C)CC. The van der Waals surface area contributed by atoms with Crippen molar-refractivity contribution in [2.45, 2.75) is 47.0 Å². The molecule has 0 spiro atoms. The number of hydrogen-bond donors (Lipinski definition) is 0. The van der Waals surface area contributed by atoms with Gasteiger partial charge in [0, 0.05) is 0 Å². The van der Waals surface area contributed by atoms with Crippen molar-refractivity contribution < 1.29 is 0 Å². The molecule has 1 heteroatoms. The molecular weight excluding hydrogens is 140 g/mol. The molecule has 1 unspecified atom stereocenters. The fraction of sp³-hybridized carbons (Fsp3) is 0.889. The van der Waals surface area contributed by atoms with Crippen LogP contribution in [0.2, 0.25) is 0 Å². The van der Waals surface area contributed by atoms with Crippen LogP contribution < -0.4 is 0 Å². The highest BCUT2D eigenvalue weighted by Gasteiger charge is 1.92. The van der Waals surface area contributed by atoms with Crippen molar-refractivity contribution in [3.63, 3.8) is 0 Å². The molecule has 0 saturated carbocycles. The van der Waals surface area contributed by atoms with Gasteiger partial charge in [-0.1, -0.05) is 52.3 Å². The summed E-state index contributed by atoms with van der Waals surface area (Å²) in [7, 11) is 0. The predicted molar refractivity (Wildman–Crippen MR) is 53.7 cm³/mol. The Kier molecular flexibility index (Phi) is 15.1. The third-order valence-corrected chi connectivity index (χ3v) is 1.48. The molecule has 0 saturated heterocycles. The second-order valence-corrected chi connectivity index (χ2v) is 3.01. The van der Waals surface area contributed by atoms with Crippen LogP contribution in [0.1, 0.15) is 47.0 Å². The lowest BCUT2D eigenvalue weighted by atomic mass is 10.0. The van der Waals surface area contributed by atoms with Crippen LogP contribution in [0.5, 0.6) is 0 Å². The number of thiocarbonyl (C=S) groups is 1. The minimum atomic E-state index is 0.949. The second kappa shape index (κ2) is 11.8. The summed E-state index contributed by atoms with van der Waals surface area (Å²) in [5.41, 5.74) is 0. The Morgan fingerprint density at radius 2 is 1.80 bits per heavy atom. The molecule has 0 nitrogen and oxygen atoms in total. The van der Waals surface area contributed by atoms with Gasteiger partial charge in [-0.2, -0.15) is 0 Å². The molecular formula is C9H20S. The van der Waals surface area contributed by atoms with Gasteiger partial charge in [0.1, 0.15) is 0 Å². The van der Waals surface area contributed by atoms with E-state index in [1.54, 1.807) is 5.37 Å². The Morgan fingerprint density at radius 3 is 1.90 bits per heavy atom. The van der Waals surface area contributed by atoms with Crippen LogP contribution in [0.3, 0.4) is 0 Å². The minimum Gasteiger partial charge on any atom is -0.0938 e. The van der Waals surface area contributed by atoms with Crippen molar-refractivity contribution in [1.82, 2.24) is 0 Å². The van der Waals surface area contributed by atoms with Gasteiger partial charge < -0.3 is 0 Å². The molecule has 0 aliphatic carbocycles. The van der Waals surface area contributed by atoms with Gasteiger partial charge in [-0.05, 0) is 18.2 Å². The van der Waals surface area contributed by atoms with Crippen molar-refractivity contribution in [2.24, 2.45) is 5.92 Å². The van der Waals surface area contributed by atoms with E-state index >= 15 is 0 Å². The Balaban J connectivity index is 0. The van der Waals surface area contributed by atoms with Gasteiger partial charge >= 0.3 is 0 Å². The molecule has 0 aliphatic heterocycles. The standard InChI is InChI=1S/C7H16.C2H4S/c1-4-6-7(3)5-2;1-2-3/h7H,4-6H2,1-3H3;2H,1H3. The van der Waals surface area contributed by atoms with Crippen LogP contribution in [0.4, 0.5) is 0 Å². The highest BCUT2D eigenvalue weighted by molar-refractivity contribution is 7.78. The van der Waals surface area contributed by atoms with E-state index in [0.717, 1.165) is 5.92 Å². The first-order chi connectivity index (χ1) is 4.72. The van der Waals surface area contributed by atoms with E-state index in [1.807, 2.05) is 6.92 Å². The van der Waals surface area contributed by atoms with Gasteiger partial charge in [0.25, 0.3) is 0 Å². The highest BCUT2D eigenvalue weighted by Crippen LogP contribution is 2.07. The van der Waals surface area contributed by atoms with E-state index in [-0.39, 0.29) is 0 Å². The monoisotopic (exact) mass is 160 g/mol. The maximum absolute atomic E-state index is 4.27. The first-order valence-electron chi connectivity index (χ1n) is 4.12. The Hall–Kier alpha value is 0.0900. The third-order valence-electron chi connectivity index (χ3n) is 1.48. The van der Waals surface area contributed by atoms with Crippen LogP contribution in [0, 0.1) is 5.92 Å². The average molecular weight is 160 g/mol. The van der Waals surface area contributed by atoms with Gasteiger partial charge in [0.15, 0.2) is 0 Å². The Labute approximate surface area is 71.0 Å². The van der Waals surface area contributed by atoms with E-state index in [2.05, 4.69) is 33.0 Å². The topological polar surface area (TPSA) is 0 Å². The van der Waals surface area contributed by atoms with Crippen LogP contribution in [0.25, 0.3) is 0 Å². The number of hydrogen-bond acceptors (Lipinski definition) is 1. The summed E-state index contributed by atoms with van der Waals surface area (Å²) in [5, 5.41) is 1.58. The summed E-state index contributed by atoms with van der Waals surface area (Å²) in [6, 6.07) is 0. The normalized spacial score (nSPS) is 11.2. The molecule has 0 rings (SSSR count). The lowest BCUT2D eigenvalue weighted by Gasteiger charge is -2.02. The number of rotatable bonds is 3. The van der Waals surface area contributed by atoms with Crippen LogP contribution in [-0.2, 0) is 0 Å². The summed E-state index contributed by atoms with van der Waals surface area (Å²) in [6.45, 7) is 8.62. The van der Waals surface area contributed by atoms with Crippen LogP contribution in [0.15, 0.2) is 0 Å². The summed E-state index contributed by atoms with van der Waals surface area (Å²) >= 11 is 4.27. The lowest BCUT2D eigenvalue weighted by Crippen LogP contribution is -1.88. The van der Waals surface area contributed by atoms with Gasteiger partial charge in [0.2, 0.25) is 0 Å². The second-order valence-electron chi connectivity index (χ2n) is 2.54. The first-order valence-corrected chi connectivity index (χ1v) is 4.59.